The number of esters is 1. The molecule has 0 aliphatic carbocycles. The number of amides is 2. The van der Waals surface area contributed by atoms with Crippen molar-refractivity contribution < 1.29 is 28.6 Å². The zero-order valence-corrected chi connectivity index (χ0v) is 14.6. The second-order valence-electron chi connectivity index (χ2n) is 5.74. The van der Waals surface area contributed by atoms with Crippen molar-refractivity contribution in [2.75, 3.05) is 30.5 Å². The average Bonchev–Trinajstić information content (AvgIpc) is 2.65. The van der Waals surface area contributed by atoms with Crippen molar-refractivity contribution in [3.8, 4) is 11.5 Å². The second kappa shape index (κ2) is 8.22. The molecule has 2 amide bonds. The molecule has 0 aromatic heterocycles. The number of carbonyl (C=O) groups is 3. The number of fused-ring (bicyclic) bond motifs is 1. The summed E-state index contributed by atoms with van der Waals surface area (Å²) in [7, 11) is 0. The van der Waals surface area contributed by atoms with Crippen LogP contribution in [0, 0.1) is 0 Å². The first-order chi connectivity index (χ1) is 13.0. The molecule has 0 spiro atoms. The van der Waals surface area contributed by atoms with Crippen LogP contribution in [0.4, 0.5) is 11.4 Å². The molecular weight excluding hydrogens is 352 g/mol. The van der Waals surface area contributed by atoms with E-state index in [0.29, 0.717) is 36.1 Å². The fraction of sp³-hybridized carbons (Fsp3) is 0.211. The van der Waals surface area contributed by atoms with E-state index in [1.807, 2.05) is 0 Å². The van der Waals surface area contributed by atoms with Crippen LogP contribution in [0.2, 0.25) is 0 Å². The van der Waals surface area contributed by atoms with Gasteiger partial charge in [-0.25, -0.2) is 4.79 Å². The number of rotatable bonds is 5. The lowest BCUT2D eigenvalue weighted by atomic mass is 10.2. The Hall–Kier alpha value is -3.55. The zero-order valence-electron chi connectivity index (χ0n) is 14.6. The molecular formula is C19H18N2O6. The van der Waals surface area contributed by atoms with Crippen molar-refractivity contribution in [2.45, 2.75) is 6.92 Å². The highest BCUT2D eigenvalue weighted by Crippen LogP contribution is 2.32. The molecule has 3 rings (SSSR count). The van der Waals surface area contributed by atoms with Crippen molar-refractivity contribution in [2.24, 2.45) is 0 Å². The number of hydrogen-bond donors (Lipinski definition) is 2. The van der Waals surface area contributed by atoms with Gasteiger partial charge in [0, 0.05) is 24.4 Å². The van der Waals surface area contributed by atoms with E-state index < -0.39 is 18.5 Å². The predicted molar refractivity (Wildman–Crippen MR) is 97.1 cm³/mol. The van der Waals surface area contributed by atoms with E-state index in [1.54, 1.807) is 30.3 Å². The number of ether oxygens (including phenoxy) is 3. The SMILES string of the molecule is CC(=O)Nc1cccc(C(=O)OCC(=O)Nc2ccc3c(c2)OCCO3)c1. The predicted octanol–water partition coefficient (Wildman–Crippen LogP) is 2.21. The van der Waals surface area contributed by atoms with Crippen LogP contribution in [0.25, 0.3) is 0 Å². The number of benzene rings is 2. The van der Waals surface area contributed by atoms with E-state index >= 15 is 0 Å². The lowest BCUT2D eigenvalue weighted by molar-refractivity contribution is -0.119. The Morgan fingerprint density at radius 1 is 0.963 bits per heavy atom. The van der Waals surface area contributed by atoms with E-state index in [4.69, 9.17) is 14.2 Å². The number of nitrogens with one attached hydrogen (secondary N) is 2. The molecule has 1 aliphatic rings. The highest BCUT2D eigenvalue weighted by molar-refractivity contribution is 5.97. The summed E-state index contributed by atoms with van der Waals surface area (Å²) in [5.74, 6) is -0.243. The van der Waals surface area contributed by atoms with Gasteiger partial charge in [0.15, 0.2) is 18.1 Å². The van der Waals surface area contributed by atoms with Crippen molar-refractivity contribution in [3.63, 3.8) is 0 Å². The van der Waals surface area contributed by atoms with E-state index in [9.17, 15) is 14.4 Å². The maximum absolute atomic E-state index is 12.1. The van der Waals surface area contributed by atoms with Gasteiger partial charge in [-0.2, -0.15) is 0 Å². The maximum atomic E-state index is 12.1. The standard InChI is InChI=1S/C19H18N2O6/c1-12(22)20-14-4-2-3-13(9-14)19(24)27-11-18(23)21-15-5-6-16-17(10-15)26-8-7-25-16/h2-6,9-10H,7-8,11H2,1H3,(H,20,22)(H,21,23). The van der Waals surface area contributed by atoms with Crippen LogP contribution in [0.1, 0.15) is 17.3 Å². The molecule has 1 aliphatic heterocycles. The van der Waals surface area contributed by atoms with Gasteiger partial charge in [0.1, 0.15) is 13.2 Å². The minimum atomic E-state index is -0.667. The molecule has 8 heteroatoms. The molecule has 0 saturated heterocycles. The summed E-state index contributed by atoms with van der Waals surface area (Å²) in [5.41, 5.74) is 1.21. The van der Waals surface area contributed by atoms with Gasteiger partial charge >= 0.3 is 5.97 Å². The molecule has 2 aromatic rings. The Labute approximate surface area is 155 Å². The summed E-state index contributed by atoms with van der Waals surface area (Å²) in [6.07, 6.45) is 0. The molecule has 140 valence electrons. The molecule has 1 heterocycles. The van der Waals surface area contributed by atoms with Gasteiger partial charge in [0.05, 0.1) is 5.56 Å². The lowest BCUT2D eigenvalue weighted by Gasteiger charge is -2.19. The molecule has 0 radical (unpaired) electrons. The molecule has 0 bridgehead atoms. The van der Waals surface area contributed by atoms with Crippen LogP contribution < -0.4 is 20.1 Å². The van der Waals surface area contributed by atoms with Crippen LogP contribution in [-0.2, 0) is 14.3 Å². The largest absolute Gasteiger partial charge is 0.486 e. The number of carbonyl (C=O) groups excluding carboxylic acids is 3. The normalized spacial score (nSPS) is 12.0. The average molecular weight is 370 g/mol. The van der Waals surface area contributed by atoms with Crippen LogP contribution in [0.15, 0.2) is 42.5 Å². The minimum Gasteiger partial charge on any atom is -0.486 e. The van der Waals surface area contributed by atoms with Gasteiger partial charge in [-0.1, -0.05) is 6.07 Å². The van der Waals surface area contributed by atoms with Crippen molar-refractivity contribution in [1.29, 1.82) is 0 Å². The third-order valence-electron chi connectivity index (χ3n) is 3.58. The number of anilines is 2. The molecule has 8 nitrogen and oxygen atoms in total. The number of hydrogen-bond acceptors (Lipinski definition) is 6. The van der Waals surface area contributed by atoms with E-state index in [0.717, 1.165) is 0 Å². The highest BCUT2D eigenvalue weighted by atomic mass is 16.6. The monoisotopic (exact) mass is 370 g/mol. The third-order valence-corrected chi connectivity index (χ3v) is 3.58. The Morgan fingerprint density at radius 3 is 2.48 bits per heavy atom. The summed E-state index contributed by atoms with van der Waals surface area (Å²) >= 11 is 0. The van der Waals surface area contributed by atoms with E-state index in [-0.39, 0.29) is 11.5 Å². The molecule has 2 aromatic carbocycles. The Morgan fingerprint density at radius 2 is 1.70 bits per heavy atom. The fourth-order valence-electron chi connectivity index (χ4n) is 2.46. The Balaban J connectivity index is 1.54. The third kappa shape index (κ3) is 4.97. The molecule has 0 fully saturated rings. The van der Waals surface area contributed by atoms with Crippen molar-refractivity contribution in [3.05, 3.63) is 48.0 Å². The van der Waals surface area contributed by atoms with Crippen molar-refractivity contribution >= 4 is 29.2 Å². The minimum absolute atomic E-state index is 0.230. The first-order valence-corrected chi connectivity index (χ1v) is 8.25. The highest BCUT2D eigenvalue weighted by Gasteiger charge is 2.14. The topological polar surface area (TPSA) is 103 Å². The smallest absolute Gasteiger partial charge is 0.338 e. The first-order valence-electron chi connectivity index (χ1n) is 8.25. The molecule has 2 N–H and O–H groups in total. The Bertz CT molecular complexity index is 880. The van der Waals surface area contributed by atoms with Gasteiger partial charge < -0.3 is 24.8 Å². The van der Waals surface area contributed by atoms with Crippen LogP contribution >= 0.6 is 0 Å². The first kappa shape index (κ1) is 18.2. The van der Waals surface area contributed by atoms with Gasteiger partial charge in [-0.15, -0.1) is 0 Å². The van der Waals surface area contributed by atoms with Crippen LogP contribution in [0.5, 0.6) is 11.5 Å². The van der Waals surface area contributed by atoms with E-state index in [2.05, 4.69) is 10.6 Å². The van der Waals surface area contributed by atoms with Gasteiger partial charge in [-0.05, 0) is 30.3 Å². The van der Waals surface area contributed by atoms with Crippen molar-refractivity contribution in [1.82, 2.24) is 0 Å². The summed E-state index contributed by atoms with van der Waals surface area (Å²) < 4.78 is 15.9. The summed E-state index contributed by atoms with van der Waals surface area (Å²) in [4.78, 5) is 35.2. The molecule has 0 saturated carbocycles. The van der Waals surface area contributed by atoms with Crippen LogP contribution in [-0.4, -0.2) is 37.6 Å². The molecule has 0 unspecified atom stereocenters. The lowest BCUT2D eigenvalue weighted by Crippen LogP contribution is -2.21. The quantitative estimate of drug-likeness (QED) is 0.783. The maximum Gasteiger partial charge on any atom is 0.338 e. The van der Waals surface area contributed by atoms with Crippen LogP contribution in [0.3, 0.4) is 0 Å². The van der Waals surface area contributed by atoms with E-state index in [1.165, 1.54) is 19.1 Å². The Kier molecular flexibility index (Phi) is 5.55. The molecule has 27 heavy (non-hydrogen) atoms. The van der Waals surface area contributed by atoms with Gasteiger partial charge in [0.2, 0.25) is 5.91 Å². The molecule has 0 atom stereocenters. The van der Waals surface area contributed by atoms with Gasteiger partial charge in [0.25, 0.3) is 5.91 Å². The summed E-state index contributed by atoms with van der Waals surface area (Å²) in [6, 6.07) is 11.3. The van der Waals surface area contributed by atoms with Gasteiger partial charge in [-0.3, -0.25) is 9.59 Å². The summed E-state index contributed by atoms with van der Waals surface area (Å²) in [5, 5.41) is 5.20. The zero-order chi connectivity index (χ0) is 19.2. The summed E-state index contributed by atoms with van der Waals surface area (Å²) in [6.45, 7) is 1.85. The second-order valence-corrected chi connectivity index (χ2v) is 5.74. The fourth-order valence-corrected chi connectivity index (χ4v) is 2.46.